The van der Waals surface area contributed by atoms with E-state index in [2.05, 4.69) is 0 Å². The second-order valence-electron chi connectivity index (χ2n) is 6.01. The van der Waals surface area contributed by atoms with E-state index in [1.165, 1.54) is 12.1 Å². The SMILES string of the molecule is NCc1cccc(Cl)c1N1C(N)=C(C(N)=O)SC1(S)Cc1ccc(F)cc1. The van der Waals surface area contributed by atoms with Crippen LogP contribution in [0.1, 0.15) is 11.1 Å². The Kier molecular flexibility index (Phi) is 5.62. The second-order valence-corrected chi connectivity index (χ2v) is 8.75. The van der Waals surface area contributed by atoms with Crippen molar-refractivity contribution in [3.05, 3.63) is 75.2 Å². The first-order valence-corrected chi connectivity index (χ1v) is 9.64. The second kappa shape index (κ2) is 7.63. The van der Waals surface area contributed by atoms with Crippen molar-refractivity contribution >= 4 is 47.6 Å². The van der Waals surface area contributed by atoms with Gasteiger partial charge in [0.05, 0.1) is 10.7 Å². The quantitative estimate of drug-likeness (QED) is 0.553. The lowest BCUT2D eigenvalue weighted by Gasteiger charge is -2.37. The maximum atomic E-state index is 13.3. The molecule has 2 aromatic rings. The smallest absolute Gasteiger partial charge is 0.258 e. The maximum absolute atomic E-state index is 13.3. The molecule has 0 spiro atoms. The fraction of sp³-hybridized carbons (Fsp3) is 0.167. The first-order valence-electron chi connectivity index (χ1n) is 8.00. The lowest BCUT2D eigenvalue weighted by atomic mass is 10.1. The molecule has 6 N–H and O–H groups in total. The Morgan fingerprint density at radius 3 is 2.52 bits per heavy atom. The van der Waals surface area contributed by atoms with Crippen LogP contribution in [0.4, 0.5) is 10.1 Å². The minimum atomic E-state index is -0.999. The Morgan fingerprint density at radius 1 is 1.26 bits per heavy atom. The Hall–Kier alpha value is -1.87. The van der Waals surface area contributed by atoms with Crippen LogP contribution in [0.25, 0.3) is 0 Å². The van der Waals surface area contributed by atoms with Crippen LogP contribution in [0.3, 0.4) is 0 Å². The molecule has 9 heteroatoms. The minimum absolute atomic E-state index is 0.160. The van der Waals surface area contributed by atoms with Gasteiger partial charge in [-0.15, -0.1) is 12.6 Å². The molecule has 0 aromatic heterocycles. The van der Waals surface area contributed by atoms with Crippen LogP contribution in [-0.2, 0) is 17.8 Å². The summed E-state index contributed by atoms with van der Waals surface area (Å²) >= 11 is 12.4. The summed E-state index contributed by atoms with van der Waals surface area (Å²) < 4.78 is 12.3. The van der Waals surface area contributed by atoms with Gasteiger partial charge in [-0.2, -0.15) is 0 Å². The number of carbonyl (C=O) groups excluding carboxylic acids is 1. The molecule has 0 radical (unpaired) electrons. The molecule has 0 saturated carbocycles. The van der Waals surface area contributed by atoms with Crippen molar-refractivity contribution in [1.82, 2.24) is 0 Å². The number of carbonyl (C=O) groups is 1. The molecule has 27 heavy (non-hydrogen) atoms. The summed E-state index contributed by atoms with van der Waals surface area (Å²) in [7, 11) is 0. The standard InChI is InChI=1S/C18H18ClFN4OS2/c19-13-3-1-2-11(9-21)14(13)24-16(22)15(17(23)25)27-18(24,26)8-10-4-6-12(20)7-5-10/h1-7,26H,8-9,21-22H2,(H2,23,25). The summed E-state index contributed by atoms with van der Waals surface area (Å²) in [6.07, 6.45) is 0.341. The van der Waals surface area contributed by atoms with Crippen molar-refractivity contribution in [2.75, 3.05) is 4.90 Å². The average Bonchev–Trinajstić information content (AvgIpc) is 2.88. The number of benzene rings is 2. The van der Waals surface area contributed by atoms with E-state index >= 15 is 0 Å². The predicted octanol–water partition coefficient (Wildman–Crippen LogP) is 2.93. The largest absolute Gasteiger partial charge is 0.384 e. The number of para-hydroxylation sites is 1. The van der Waals surface area contributed by atoms with Gasteiger partial charge in [-0.25, -0.2) is 4.39 Å². The monoisotopic (exact) mass is 424 g/mol. The number of thiol groups is 1. The summed E-state index contributed by atoms with van der Waals surface area (Å²) in [4.78, 5) is 13.8. The number of rotatable bonds is 5. The van der Waals surface area contributed by atoms with Crippen LogP contribution in [0.15, 0.2) is 53.2 Å². The molecule has 142 valence electrons. The number of anilines is 1. The normalized spacial score (nSPS) is 19.6. The Morgan fingerprint density at radius 2 is 1.93 bits per heavy atom. The number of halogens is 2. The predicted molar refractivity (Wildman–Crippen MR) is 112 cm³/mol. The lowest BCUT2D eigenvalue weighted by molar-refractivity contribution is -0.113. The van der Waals surface area contributed by atoms with Gasteiger partial charge in [-0.3, -0.25) is 4.79 Å². The van der Waals surface area contributed by atoms with Crippen LogP contribution < -0.4 is 22.1 Å². The highest BCUT2D eigenvalue weighted by Gasteiger charge is 2.46. The highest BCUT2D eigenvalue weighted by molar-refractivity contribution is 8.15. The maximum Gasteiger partial charge on any atom is 0.258 e. The Bertz CT molecular complexity index is 922. The third-order valence-electron chi connectivity index (χ3n) is 4.17. The minimum Gasteiger partial charge on any atom is -0.384 e. The number of amides is 1. The molecule has 0 fully saturated rings. The zero-order valence-corrected chi connectivity index (χ0v) is 16.6. The number of thioether (sulfide) groups is 1. The van der Waals surface area contributed by atoms with Gasteiger partial charge in [0.2, 0.25) is 0 Å². The molecule has 1 aliphatic rings. The van der Waals surface area contributed by atoms with Crippen molar-refractivity contribution in [3.8, 4) is 0 Å². The molecule has 1 unspecified atom stereocenters. The molecule has 1 aliphatic heterocycles. The first kappa shape index (κ1) is 19.9. The number of hydrogen-bond acceptors (Lipinski definition) is 6. The van der Waals surface area contributed by atoms with E-state index in [0.717, 1.165) is 22.9 Å². The van der Waals surface area contributed by atoms with E-state index in [-0.39, 0.29) is 23.1 Å². The van der Waals surface area contributed by atoms with Gasteiger partial charge in [0.15, 0.2) is 0 Å². The van der Waals surface area contributed by atoms with E-state index in [1.54, 1.807) is 29.2 Å². The summed E-state index contributed by atoms with van der Waals surface area (Å²) in [5.74, 6) is -0.832. The van der Waals surface area contributed by atoms with Gasteiger partial charge in [0.25, 0.3) is 5.91 Å². The van der Waals surface area contributed by atoms with Gasteiger partial charge in [-0.1, -0.05) is 47.6 Å². The molecule has 0 bridgehead atoms. The van der Waals surface area contributed by atoms with Crippen molar-refractivity contribution in [3.63, 3.8) is 0 Å². The lowest BCUT2D eigenvalue weighted by Crippen LogP contribution is -2.42. The zero-order valence-electron chi connectivity index (χ0n) is 14.2. The number of nitrogens with two attached hydrogens (primary N) is 3. The first-order chi connectivity index (χ1) is 12.8. The molecule has 1 atom stereocenters. The molecular weight excluding hydrogens is 407 g/mol. The number of primary amides is 1. The van der Waals surface area contributed by atoms with Gasteiger partial charge in [0, 0.05) is 13.0 Å². The van der Waals surface area contributed by atoms with Crippen LogP contribution in [-0.4, -0.2) is 10.1 Å². The molecule has 0 saturated heterocycles. The molecule has 2 aromatic carbocycles. The van der Waals surface area contributed by atoms with Crippen LogP contribution in [0.2, 0.25) is 5.02 Å². The molecule has 0 aliphatic carbocycles. The van der Waals surface area contributed by atoms with Gasteiger partial charge < -0.3 is 22.1 Å². The summed E-state index contributed by atoms with van der Waals surface area (Å²) in [6, 6.07) is 11.4. The van der Waals surface area contributed by atoms with E-state index in [9.17, 15) is 9.18 Å². The van der Waals surface area contributed by atoms with Crippen LogP contribution in [0, 0.1) is 5.82 Å². The number of hydrogen-bond donors (Lipinski definition) is 4. The Labute approximate surface area is 171 Å². The van der Waals surface area contributed by atoms with E-state index < -0.39 is 10.1 Å². The molecule has 3 rings (SSSR count). The van der Waals surface area contributed by atoms with Crippen molar-refractivity contribution in [2.24, 2.45) is 17.2 Å². The fourth-order valence-corrected chi connectivity index (χ4v) is 5.07. The van der Waals surface area contributed by atoms with Crippen molar-refractivity contribution < 1.29 is 9.18 Å². The van der Waals surface area contributed by atoms with Crippen molar-refractivity contribution in [1.29, 1.82) is 0 Å². The summed E-state index contributed by atoms with van der Waals surface area (Å²) in [5, 5.41) is 0.421. The summed E-state index contributed by atoms with van der Waals surface area (Å²) in [5.41, 5.74) is 19.8. The van der Waals surface area contributed by atoms with Crippen molar-refractivity contribution in [2.45, 2.75) is 17.2 Å². The molecular formula is C18H18ClFN4OS2. The number of nitrogens with zero attached hydrogens (tertiary/aromatic N) is 1. The van der Waals surface area contributed by atoms with Gasteiger partial charge in [-0.05, 0) is 29.3 Å². The van der Waals surface area contributed by atoms with E-state index in [0.29, 0.717) is 17.1 Å². The topological polar surface area (TPSA) is 98.4 Å². The van der Waals surface area contributed by atoms with Gasteiger partial charge in [0.1, 0.15) is 20.7 Å². The molecule has 1 heterocycles. The zero-order chi connectivity index (χ0) is 19.8. The third-order valence-corrected chi connectivity index (χ3v) is 6.38. The molecule has 5 nitrogen and oxygen atoms in total. The van der Waals surface area contributed by atoms with Gasteiger partial charge >= 0.3 is 0 Å². The summed E-state index contributed by atoms with van der Waals surface area (Å²) in [6.45, 7) is 0.219. The van der Waals surface area contributed by atoms with E-state index in [4.69, 9.17) is 41.4 Å². The van der Waals surface area contributed by atoms with E-state index in [1.807, 2.05) is 6.07 Å². The van der Waals surface area contributed by atoms with Crippen LogP contribution >= 0.6 is 36.0 Å². The highest BCUT2D eigenvalue weighted by Crippen LogP contribution is 2.53. The highest BCUT2D eigenvalue weighted by atomic mass is 35.5. The third kappa shape index (κ3) is 3.75. The fourth-order valence-electron chi connectivity index (χ4n) is 2.98. The molecule has 1 amide bonds. The van der Waals surface area contributed by atoms with Crippen LogP contribution in [0.5, 0.6) is 0 Å². The average molecular weight is 425 g/mol. The Balaban J connectivity index is 2.13.